The van der Waals surface area contributed by atoms with Crippen LogP contribution in [0.25, 0.3) is 0 Å². The van der Waals surface area contributed by atoms with Crippen molar-refractivity contribution < 1.29 is 4.79 Å². The highest BCUT2D eigenvalue weighted by Gasteiger charge is 2.04. The summed E-state index contributed by atoms with van der Waals surface area (Å²) in [5, 5.41) is 8.75. The second kappa shape index (κ2) is 7.17. The smallest absolute Gasteiger partial charge is 0.320 e. The van der Waals surface area contributed by atoms with Gasteiger partial charge in [-0.05, 0) is 44.9 Å². The van der Waals surface area contributed by atoms with Gasteiger partial charge in [-0.25, -0.2) is 14.8 Å². The Bertz CT molecular complexity index is 604. The van der Waals surface area contributed by atoms with Crippen molar-refractivity contribution in [3.05, 3.63) is 39.5 Å². The largest absolute Gasteiger partial charge is 0.338 e. The van der Waals surface area contributed by atoms with Gasteiger partial charge in [-0.2, -0.15) is 0 Å². The highest BCUT2D eigenvalue weighted by molar-refractivity contribution is 7.09. The van der Waals surface area contributed by atoms with E-state index in [9.17, 15) is 4.79 Å². The first-order valence-corrected chi connectivity index (χ1v) is 7.82. The summed E-state index contributed by atoms with van der Waals surface area (Å²) in [4.78, 5) is 20.4. The van der Waals surface area contributed by atoms with Crippen molar-refractivity contribution in [2.45, 2.75) is 33.6 Å². The third-order valence-corrected chi connectivity index (χ3v) is 3.89. The lowest BCUT2D eigenvalue weighted by Crippen LogP contribution is -2.30. The number of aromatic nitrogens is 2. The summed E-state index contributed by atoms with van der Waals surface area (Å²) in [6, 6.07) is 3.60. The number of aryl methyl sites for hydroxylation is 4. The molecule has 0 spiro atoms. The summed E-state index contributed by atoms with van der Waals surface area (Å²) in [6.45, 7) is 6.50. The van der Waals surface area contributed by atoms with E-state index in [1.807, 2.05) is 38.3 Å². The minimum atomic E-state index is -0.220. The van der Waals surface area contributed by atoms with E-state index in [0.717, 1.165) is 34.8 Å². The van der Waals surface area contributed by atoms with Gasteiger partial charge in [-0.15, -0.1) is 11.3 Å². The number of hydrogen-bond donors (Lipinski definition) is 2. The van der Waals surface area contributed by atoms with Crippen LogP contribution >= 0.6 is 11.3 Å². The van der Waals surface area contributed by atoms with Crippen LogP contribution < -0.4 is 10.6 Å². The Balaban J connectivity index is 1.72. The average molecular weight is 304 g/mol. The Morgan fingerprint density at radius 2 is 2.00 bits per heavy atom. The molecule has 2 aromatic rings. The maximum Gasteiger partial charge on any atom is 0.320 e. The second-order valence-electron chi connectivity index (χ2n) is 5.04. The Hall–Kier alpha value is -1.95. The SMILES string of the molecule is Cc1cc(C)nc(NC(=O)NCCCc2nc(C)cs2)c1. The van der Waals surface area contributed by atoms with E-state index in [0.29, 0.717) is 12.4 Å². The van der Waals surface area contributed by atoms with Crippen molar-refractivity contribution in [1.29, 1.82) is 0 Å². The number of pyridine rings is 1. The molecule has 5 nitrogen and oxygen atoms in total. The second-order valence-corrected chi connectivity index (χ2v) is 5.98. The van der Waals surface area contributed by atoms with E-state index in [-0.39, 0.29) is 6.03 Å². The number of nitrogens with one attached hydrogen (secondary N) is 2. The molecule has 2 N–H and O–H groups in total. The van der Waals surface area contributed by atoms with E-state index in [1.165, 1.54) is 0 Å². The Morgan fingerprint density at radius 3 is 2.67 bits per heavy atom. The first-order chi connectivity index (χ1) is 10.0. The molecule has 0 aliphatic carbocycles. The molecule has 0 atom stereocenters. The molecule has 2 aromatic heterocycles. The van der Waals surface area contributed by atoms with Crippen LogP contribution in [0.1, 0.15) is 28.4 Å². The number of carbonyl (C=O) groups is 1. The summed E-state index contributed by atoms with van der Waals surface area (Å²) < 4.78 is 0. The molecule has 0 aliphatic heterocycles. The van der Waals surface area contributed by atoms with Crippen LogP contribution in [0.3, 0.4) is 0 Å². The molecule has 21 heavy (non-hydrogen) atoms. The van der Waals surface area contributed by atoms with Crippen molar-refractivity contribution in [3.8, 4) is 0 Å². The van der Waals surface area contributed by atoms with E-state index in [1.54, 1.807) is 11.3 Å². The van der Waals surface area contributed by atoms with Gasteiger partial charge in [0.25, 0.3) is 0 Å². The van der Waals surface area contributed by atoms with Crippen molar-refractivity contribution >= 4 is 23.2 Å². The minimum Gasteiger partial charge on any atom is -0.338 e. The normalized spacial score (nSPS) is 10.4. The molecule has 0 unspecified atom stereocenters. The van der Waals surface area contributed by atoms with Crippen LogP contribution in [0.2, 0.25) is 0 Å². The average Bonchev–Trinajstić information content (AvgIpc) is 2.79. The van der Waals surface area contributed by atoms with Crippen molar-refractivity contribution in [3.63, 3.8) is 0 Å². The van der Waals surface area contributed by atoms with Gasteiger partial charge < -0.3 is 5.32 Å². The fourth-order valence-electron chi connectivity index (χ4n) is 2.02. The zero-order valence-electron chi connectivity index (χ0n) is 12.6. The number of amides is 2. The third kappa shape index (κ3) is 5.15. The van der Waals surface area contributed by atoms with Crippen LogP contribution in [-0.2, 0) is 6.42 Å². The van der Waals surface area contributed by atoms with Crippen LogP contribution in [0, 0.1) is 20.8 Å². The molecule has 112 valence electrons. The molecule has 2 heterocycles. The minimum absolute atomic E-state index is 0.220. The Kier molecular flexibility index (Phi) is 5.27. The highest BCUT2D eigenvalue weighted by atomic mass is 32.1. The standard InChI is InChI=1S/C15H20N4OS/c1-10-7-11(2)17-13(8-10)19-15(20)16-6-4-5-14-18-12(3)9-21-14/h7-9H,4-6H2,1-3H3,(H2,16,17,19,20). The van der Waals surface area contributed by atoms with E-state index in [4.69, 9.17) is 0 Å². The molecule has 2 rings (SSSR count). The van der Waals surface area contributed by atoms with Gasteiger partial charge >= 0.3 is 6.03 Å². The molecular weight excluding hydrogens is 284 g/mol. The topological polar surface area (TPSA) is 66.9 Å². The summed E-state index contributed by atoms with van der Waals surface area (Å²) in [5.74, 6) is 0.584. The number of hydrogen-bond acceptors (Lipinski definition) is 4. The predicted molar refractivity (Wildman–Crippen MR) is 85.9 cm³/mol. The van der Waals surface area contributed by atoms with Gasteiger partial charge in [-0.3, -0.25) is 5.32 Å². The van der Waals surface area contributed by atoms with Crippen molar-refractivity contribution in [1.82, 2.24) is 15.3 Å². The van der Waals surface area contributed by atoms with Crippen LogP contribution in [0.4, 0.5) is 10.6 Å². The summed E-state index contributed by atoms with van der Waals surface area (Å²) in [7, 11) is 0. The highest BCUT2D eigenvalue weighted by Crippen LogP contribution is 2.10. The lowest BCUT2D eigenvalue weighted by atomic mass is 10.2. The molecule has 0 radical (unpaired) electrons. The summed E-state index contributed by atoms with van der Waals surface area (Å²) in [6.07, 6.45) is 1.77. The van der Waals surface area contributed by atoms with E-state index in [2.05, 4.69) is 20.6 Å². The van der Waals surface area contributed by atoms with Gasteiger partial charge in [-0.1, -0.05) is 0 Å². The molecule has 0 fully saturated rings. The summed E-state index contributed by atoms with van der Waals surface area (Å²) >= 11 is 1.66. The van der Waals surface area contributed by atoms with Gasteiger partial charge in [0.1, 0.15) is 5.82 Å². The maximum atomic E-state index is 11.8. The molecule has 0 bridgehead atoms. The predicted octanol–water partition coefficient (Wildman–Crippen LogP) is 3.22. The van der Waals surface area contributed by atoms with E-state index >= 15 is 0 Å². The fraction of sp³-hybridized carbons (Fsp3) is 0.400. The van der Waals surface area contributed by atoms with Crippen molar-refractivity contribution in [2.75, 3.05) is 11.9 Å². The zero-order valence-corrected chi connectivity index (χ0v) is 13.4. The fourth-order valence-corrected chi connectivity index (χ4v) is 2.84. The van der Waals surface area contributed by atoms with E-state index < -0.39 is 0 Å². The Labute approximate surface area is 128 Å². The molecule has 0 saturated heterocycles. The van der Waals surface area contributed by atoms with Gasteiger partial charge in [0.2, 0.25) is 0 Å². The number of urea groups is 1. The molecule has 0 aromatic carbocycles. The molecule has 0 aliphatic rings. The first kappa shape index (κ1) is 15.4. The van der Waals surface area contributed by atoms with Gasteiger partial charge in [0, 0.05) is 29.7 Å². The number of carbonyl (C=O) groups excluding carboxylic acids is 1. The first-order valence-electron chi connectivity index (χ1n) is 6.94. The van der Waals surface area contributed by atoms with Crippen molar-refractivity contribution in [2.24, 2.45) is 0 Å². The number of thiazole rings is 1. The molecule has 2 amide bonds. The third-order valence-electron chi connectivity index (χ3n) is 2.86. The van der Waals surface area contributed by atoms with Gasteiger partial charge in [0.15, 0.2) is 0 Å². The lowest BCUT2D eigenvalue weighted by Gasteiger charge is -2.08. The molecule has 0 saturated carbocycles. The lowest BCUT2D eigenvalue weighted by molar-refractivity contribution is 0.252. The van der Waals surface area contributed by atoms with Crippen LogP contribution in [0.5, 0.6) is 0 Å². The number of anilines is 1. The maximum absolute atomic E-state index is 11.8. The molecular formula is C15H20N4OS. The Morgan fingerprint density at radius 1 is 1.19 bits per heavy atom. The van der Waals surface area contributed by atoms with Crippen LogP contribution in [-0.4, -0.2) is 22.5 Å². The summed E-state index contributed by atoms with van der Waals surface area (Å²) in [5.41, 5.74) is 3.03. The number of nitrogens with zero attached hydrogens (tertiary/aromatic N) is 2. The zero-order chi connectivity index (χ0) is 15.2. The van der Waals surface area contributed by atoms with Gasteiger partial charge in [0.05, 0.1) is 5.01 Å². The quantitative estimate of drug-likeness (QED) is 0.833. The number of rotatable bonds is 5. The van der Waals surface area contributed by atoms with Crippen LogP contribution in [0.15, 0.2) is 17.5 Å². The molecule has 6 heteroatoms. The monoisotopic (exact) mass is 304 g/mol.